The average Bonchev–Trinajstić information content (AvgIpc) is 2.46. The Balaban J connectivity index is 2.10. The largest absolute Gasteiger partial charge is 0.444 e. The molecular weight excluding hydrogens is 310 g/mol. The van der Waals surface area contributed by atoms with Crippen LogP contribution in [0.1, 0.15) is 38.1 Å². The Kier molecular flexibility index (Phi) is 4.86. The van der Waals surface area contributed by atoms with Crippen molar-refractivity contribution in [1.82, 2.24) is 9.88 Å². The lowest BCUT2D eigenvalue weighted by Crippen LogP contribution is -2.54. The molecule has 1 saturated heterocycles. The molecule has 1 aromatic rings. The lowest BCUT2D eigenvalue weighted by Gasteiger charge is -2.40. The number of anilines is 2. The molecule has 1 aliphatic heterocycles. The average molecular weight is 335 g/mol. The van der Waals surface area contributed by atoms with E-state index in [-0.39, 0.29) is 23.4 Å². The number of nitrogens with two attached hydrogens (primary N) is 2. The topological polar surface area (TPSA) is 115 Å². The van der Waals surface area contributed by atoms with Crippen LogP contribution < -0.4 is 16.4 Å². The molecule has 1 fully saturated rings. The Morgan fingerprint density at radius 1 is 1.33 bits per heavy atom. The van der Waals surface area contributed by atoms with Crippen LogP contribution in [0, 0.1) is 0 Å². The Morgan fingerprint density at radius 3 is 2.54 bits per heavy atom. The van der Waals surface area contributed by atoms with E-state index in [1.807, 2.05) is 32.6 Å². The Labute approximate surface area is 141 Å². The highest BCUT2D eigenvalue weighted by molar-refractivity contribution is 5.98. The zero-order chi connectivity index (χ0) is 18.1. The molecule has 1 atom stereocenters. The normalized spacial score (nSPS) is 18.4. The van der Waals surface area contributed by atoms with Crippen LogP contribution >= 0.6 is 0 Å². The minimum absolute atomic E-state index is 0.0168. The summed E-state index contributed by atoms with van der Waals surface area (Å²) in [4.78, 5) is 31.6. The molecule has 0 spiro atoms. The third-order valence-electron chi connectivity index (χ3n) is 3.76. The van der Waals surface area contributed by atoms with Crippen LogP contribution in [0.25, 0.3) is 0 Å². The fraction of sp³-hybridized carbons (Fsp3) is 0.562. The maximum atomic E-state index is 12.2. The van der Waals surface area contributed by atoms with Crippen molar-refractivity contribution in [3.8, 4) is 0 Å². The number of pyridine rings is 1. The molecule has 0 saturated carbocycles. The maximum absolute atomic E-state index is 12.2. The summed E-state index contributed by atoms with van der Waals surface area (Å²) in [6.45, 7) is 9.11. The molecule has 0 radical (unpaired) electrons. The number of piperazine rings is 1. The van der Waals surface area contributed by atoms with Crippen LogP contribution in [0.2, 0.25) is 0 Å². The lowest BCUT2D eigenvalue weighted by atomic mass is 10.1. The summed E-state index contributed by atoms with van der Waals surface area (Å²) < 4.78 is 5.41. The van der Waals surface area contributed by atoms with Crippen molar-refractivity contribution in [2.75, 3.05) is 30.3 Å². The Hall–Kier alpha value is -2.51. The van der Waals surface area contributed by atoms with Gasteiger partial charge in [0.25, 0.3) is 5.91 Å². The number of hydrogen-bond acceptors (Lipinski definition) is 6. The van der Waals surface area contributed by atoms with Gasteiger partial charge in [0.1, 0.15) is 11.4 Å². The second-order valence-corrected chi connectivity index (χ2v) is 6.96. The Bertz CT molecular complexity index is 641. The minimum atomic E-state index is -0.587. The van der Waals surface area contributed by atoms with Crippen LogP contribution in [0.15, 0.2) is 12.3 Å². The zero-order valence-corrected chi connectivity index (χ0v) is 14.6. The molecule has 0 bridgehead atoms. The molecule has 0 aromatic carbocycles. The second kappa shape index (κ2) is 6.54. The molecule has 2 rings (SSSR count). The van der Waals surface area contributed by atoms with Gasteiger partial charge >= 0.3 is 6.09 Å². The molecule has 0 unspecified atom stereocenters. The van der Waals surface area contributed by atoms with Gasteiger partial charge in [-0.25, -0.2) is 9.78 Å². The van der Waals surface area contributed by atoms with Gasteiger partial charge in [0.2, 0.25) is 0 Å². The molecular formula is C16H25N5O3. The Morgan fingerprint density at radius 2 is 2.00 bits per heavy atom. The third kappa shape index (κ3) is 4.06. The molecule has 0 aliphatic carbocycles. The summed E-state index contributed by atoms with van der Waals surface area (Å²) >= 11 is 0. The van der Waals surface area contributed by atoms with Crippen molar-refractivity contribution in [3.63, 3.8) is 0 Å². The summed E-state index contributed by atoms with van der Waals surface area (Å²) in [6, 6.07) is 1.61. The van der Waals surface area contributed by atoms with Gasteiger partial charge in [-0.05, 0) is 33.8 Å². The van der Waals surface area contributed by atoms with Crippen molar-refractivity contribution in [3.05, 3.63) is 17.8 Å². The number of ether oxygens (including phenoxy) is 1. The lowest BCUT2D eigenvalue weighted by molar-refractivity contribution is 0.0218. The second-order valence-electron chi connectivity index (χ2n) is 6.96. The number of nitrogens with zero attached hydrogens (tertiary/aromatic N) is 3. The molecule has 132 valence electrons. The van der Waals surface area contributed by atoms with Crippen molar-refractivity contribution in [1.29, 1.82) is 0 Å². The monoisotopic (exact) mass is 335 g/mol. The first-order valence-corrected chi connectivity index (χ1v) is 7.88. The van der Waals surface area contributed by atoms with Gasteiger partial charge in [-0.15, -0.1) is 0 Å². The quantitative estimate of drug-likeness (QED) is 0.839. The van der Waals surface area contributed by atoms with Gasteiger partial charge < -0.3 is 26.0 Å². The maximum Gasteiger partial charge on any atom is 0.410 e. The minimum Gasteiger partial charge on any atom is -0.444 e. The smallest absolute Gasteiger partial charge is 0.410 e. The van der Waals surface area contributed by atoms with Gasteiger partial charge in [0, 0.05) is 25.7 Å². The molecule has 1 aliphatic rings. The zero-order valence-electron chi connectivity index (χ0n) is 14.6. The number of hydrogen-bond donors (Lipinski definition) is 2. The van der Waals surface area contributed by atoms with Crippen LogP contribution in [-0.4, -0.2) is 53.2 Å². The van der Waals surface area contributed by atoms with Gasteiger partial charge in [0.05, 0.1) is 17.4 Å². The molecule has 2 heterocycles. The summed E-state index contributed by atoms with van der Waals surface area (Å²) in [6.07, 6.45) is 1.11. The van der Waals surface area contributed by atoms with Crippen molar-refractivity contribution in [2.24, 2.45) is 5.73 Å². The third-order valence-corrected chi connectivity index (χ3v) is 3.76. The van der Waals surface area contributed by atoms with E-state index in [9.17, 15) is 9.59 Å². The highest BCUT2D eigenvalue weighted by atomic mass is 16.6. The van der Waals surface area contributed by atoms with Gasteiger partial charge in [-0.2, -0.15) is 0 Å². The predicted molar refractivity (Wildman–Crippen MR) is 91.8 cm³/mol. The van der Waals surface area contributed by atoms with E-state index < -0.39 is 11.5 Å². The molecule has 8 heteroatoms. The van der Waals surface area contributed by atoms with E-state index in [0.717, 1.165) is 0 Å². The van der Waals surface area contributed by atoms with E-state index >= 15 is 0 Å². The molecule has 1 aromatic heterocycles. The van der Waals surface area contributed by atoms with Crippen molar-refractivity contribution in [2.45, 2.75) is 39.3 Å². The summed E-state index contributed by atoms with van der Waals surface area (Å²) in [5.74, 6) is 0.0329. The molecule has 2 amide bonds. The predicted octanol–water partition coefficient (Wildman–Crippen LogP) is 1.21. The van der Waals surface area contributed by atoms with E-state index in [2.05, 4.69) is 4.98 Å². The van der Waals surface area contributed by atoms with E-state index in [4.69, 9.17) is 16.2 Å². The number of rotatable bonds is 2. The first kappa shape index (κ1) is 17.8. The number of carbonyl (C=O) groups is 2. The summed E-state index contributed by atoms with van der Waals surface area (Å²) in [5.41, 5.74) is 11.0. The molecule has 4 N–H and O–H groups in total. The van der Waals surface area contributed by atoms with E-state index in [1.165, 1.54) is 6.20 Å². The fourth-order valence-electron chi connectivity index (χ4n) is 2.62. The summed E-state index contributed by atoms with van der Waals surface area (Å²) in [5, 5.41) is 0. The van der Waals surface area contributed by atoms with Gasteiger partial charge in [-0.3, -0.25) is 4.79 Å². The number of nitrogen functional groups attached to an aromatic ring is 1. The van der Waals surface area contributed by atoms with Crippen molar-refractivity contribution < 1.29 is 14.3 Å². The summed E-state index contributed by atoms with van der Waals surface area (Å²) in [7, 11) is 0. The highest BCUT2D eigenvalue weighted by Crippen LogP contribution is 2.23. The van der Waals surface area contributed by atoms with Gasteiger partial charge in [-0.1, -0.05) is 0 Å². The van der Waals surface area contributed by atoms with Crippen LogP contribution in [0.3, 0.4) is 0 Å². The number of primary amides is 1. The number of amides is 2. The fourth-order valence-corrected chi connectivity index (χ4v) is 2.62. The van der Waals surface area contributed by atoms with Crippen molar-refractivity contribution >= 4 is 23.5 Å². The number of aromatic nitrogens is 1. The number of carbonyl (C=O) groups excluding carboxylic acids is 2. The highest BCUT2D eigenvalue weighted by Gasteiger charge is 2.30. The first-order chi connectivity index (χ1) is 11.1. The van der Waals surface area contributed by atoms with Crippen LogP contribution in [0.4, 0.5) is 16.3 Å². The van der Waals surface area contributed by atoms with E-state index in [1.54, 1.807) is 11.0 Å². The SMILES string of the molecule is C[C@H]1CN(C(=O)OC(C)(C)C)CCN1c1cc(C(N)=O)c(N)cn1. The van der Waals surface area contributed by atoms with Crippen LogP contribution in [-0.2, 0) is 4.74 Å². The first-order valence-electron chi connectivity index (χ1n) is 7.88. The van der Waals surface area contributed by atoms with Gasteiger partial charge in [0.15, 0.2) is 0 Å². The van der Waals surface area contributed by atoms with E-state index in [0.29, 0.717) is 25.5 Å². The standard InChI is InChI=1S/C16H25N5O3/c1-10-9-20(15(23)24-16(2,3)4)5-6-21(10)13-7-11(14(18)22)12(17)8-19-13/h7-8,10H,5-6,9,17H2,1-4H3,(H2,18,22)/t10-/m0/s1. The molecule has 8 nitrogen and oxygen atoms in total. The molecule has 24 heavy (non-hydrogen) atoms. The van der Waals surface area contributed by atoms with Crippen LogP contribution in [0.5, 0.6) is 0 Å².